The van der Waals surface area contributed by atoms with E-state index in [1.165, 1.54) is 17.6 Å². The fourth-order valence-corrected chi connectivity index (χ4v) is 3.84. The third kappa shape index (κ3) is 1.55. The first kappa shape index (κ1) is 11.0. The summed E-state index contributed by atoms with van der Waals surface area (Å²) in [4.78, 5) is 23.5. The van der Waals surface area contributed by atoms with Crippen molar-refractivity contribution in [3.63, 3.8) is 0 Å². The monoisotopic (exact) mass is 234 g/mol. The molecule has 3 aliphatic rings. The van der Waals surface area contributed by atoms with E-state index < -0.39 is 0 Å². The summed E-state index contributed by atoms with van der Waals surface area (Å²) in [6.07, 6.45) is 4.08. The molecule has 4 unspecified atom stereocenters. The standard InChI is InChI=1S/C14H18O3/c1-7-3-4-9-8(2)6-11-12(10(9)5-7)14(16)17-13(11)15/h7,10-12H,3-6H2,1-2H3. The second-order valence-electron chi connectivity index (χ2n) is 5.87. The van der Waals surface area contributed by atoms with Crippen LogP contribution in [0.4, 0.5) is 0 Å². The highest BCUT2D eigenvalue weighted by molar-refractivity contribution is 5.97. The maximum Gasteiger partial charge on any atom is 0.318 e. The Hall–Kier alpha value is -1.12. The molecule has 92 valence electrons. The molecule has 0 aromatic heterocycles. The van der Waals surface area contributed by atoms with E-state index in [-0.39, 0.29) is 29.7 Å². The minimum Gasteiger partial charge on any atom is -0.393 e. The van der Waals surface area contributed by atoms with E-state index in [1.54, 1.807) is 0 Å². The molecule has 3 heteroatoms. The molecule has 0 N–H and O–H groups in total. The molecule has 0 bridgehead atoms. The molecule has 17 heavy (non-hydrogen) atoms. The second-order valence-corrected chi connectivity index (χ2v) is 5.87. The molecule has 2 aliphatic carbocycles. The fourth-order valence-electron chi connectivity index (χ4n) is 3.84. The lowest BCUT2D eigenvalue weighted by Crippen LogP contribution is -2.35. The zero-order chi connectivity index (χ0) is 12.2. The molecular formula is C14H18O3. The number of hydrogen-bond donors (Lipinski definition) is 0. The largest absolute Gasteiger partial charge is 0.393 e. The number of cyclic esters (lactones) is 2. The van der Waals surface area contributed by atoms with Crippen LogP contribution in [0.1, 0.15) is 39.5 Å². The minimum absolute atomic E-state index is 0.177. The van der Waals surface area contributed by atoms with Gasteiger partial charge < -0.3 is 4.74 Å². The molecular weight excluding hydrogens is 216 g/mol. The highest BCUT2D eigenvalue weighted by atomic mass is 16.6. The summed E-state index contributed by atoms with van der Waals surface area (Å²) in [7, 11) is 0. The highest BCUT2D eigenvalue weighted by Gasteiger charge is 2.52. The average Bonchev–Trinajstić information content (AvgIpc) is 2.54. The van der Waals surface area contributed by atoms with Crippen LogP contribution in [-0.2, 0) is 14.3 Å². The summed E-state index contributed by atoms with van der Waals surface area (Å²) in [6.45, 7) is 4.35. The molecule has 0 spiro atoms. The molecule has 4 atom stereocenters. The highest BCUT2D eigenvalue weighted by Crippen LogP contribution is 2.50. The first-order valence-corrected chi connectivity index (χ1v) is 6.52. The van der Waals surface area contributed by atoms with Gasteiger partial charge in [-0.05, 0) is 44.4 Å². The smallest absolute Gasteiger partial charge is 0.318 e. The molecule has 3 nitrogen and oxygen atoms in total. The van der Waals surface area contributed by atoms with E-state index >= 15 is 0 Å². The third-order valence-corrected chi connectivity index (χ3v) is 4.73. The number of allylic oxidation sites excluding steroid dienone is 2. The zero-order valence-corrected chi connectivity index (χ0v) is 10.4. The van der Waals surface area contributed by atoms with E-state index in [1.807, 2.05) is 0 Å². The maximum atomic E-state index is 11.8. The maximum absolute atomic E-state index is 11.8. The van der Waals surface area contributed by atoms with Crippen LogP contribution in [0.5, 0.6) is 0 Å². The van der Waals surface area contributed by atoms with Crippen LogP contribution in [-0.4, -0.2) is 11.9 Å². The number of hydrogen-bond acceptors (Lipinski definition) is 3. The van der Waals surface area contributed by atoms with Gasteiger partial charge in [-0.15, -0.1) is 0 Å². The summed E-state index contributed by atoms with van der Waals surface area (Å²) in [5.74, 6) is -0.0125. The van der Waals surface area contributed by atoms with Gasteiger partial charge in [-0.1, -0.05) is 18.1 Å². The Bertz CT molecular complexity index is 421. The molecule has 1 saturated heterocycles. The van der Waals surface area contributed by atoms with Crippen molar-refractivity contribution >= 4 is 11.9 Å². The lowest BCUT2D eigenvalue weighted by molar-refractivity contribution is -0.154. The lowest BCUT2D eigenvalue weighted by atomic mass is 9.63. The van der Waals surface area contributed by atoms with Crippen molar-refractivity contribution in [1.29, 1.82) is 0 Å². The molecule has 0 aromatic carbocycles. The Kier molecular flexibility index (Phi) is 2.39. The van der Waals surface area contributed by atoms with Gasteiger partial charge >= 0.3 is 11.9 Å². The van der Waals surface area contributed by atoms with Crippen LogP contribution < -0.4 is 0 Å². The molecule has 0 amide bonds. The average molecular weight is 234 g/mol. The van der Waals surface area contributed by atoms with Crippen molar-refractivity contribution in [1.82, 2.24) is 0 Å². The van der Waals surface area contributed by atoms with Crippen LogP contribution in [0.3, 0.4) is 0 Å². The number of rotatable bonds is 0. The van der Waals surface area contributed by atoms with Crippen LogP contribution >= 0.6 is 0 Å². The molecule has 0 aromatic rings. The van der Waals surface area contributed by atoms with E-state index in [9.17, 15) is 9.59 Å². The molecule has 1 heterocycles. The van der Waals surface area contributed by atoms with Gasteiger partial charge in [0.1, 0.15) is 0 Å². The van der Waals surface area contributed by atoms with E-state index in [0.717, 1.165) is 19.3 Å². The van der Waals surface area contributed by atoms with Gasteiger partial charge in [0.2, 0.25) is 0 Å². The Morgan fingerprint density at radius 2 is 1.94 bits per heavy atom. The third-order valence-electron chi connectivity index (χ3n) is 4.73. The van der Waals surface area contributed by atoms with Gasteiger partial charge in [-0.2, -0.15) is 0 Å². The minimum atomic E-state index is -0.295. The Labute approximate surface area is 101 Å². The van der Waals surface area contributed by atoms with Crippen LogP contribution in [0.15, 0.2) is 11.1 Å². The van der Waals surface area contributed by atoms with Gasteiger partial charge in [-0.25, -0.2) is 0 Å². The van der Waals surface area contributed by atoms with Crippen molar-refractivity contribution in [3.8, 4) is 0 Å². The fraction of sp³-hybridized carbons (Fsp3) is 0.714. The Morgan fingerprint density at radius 3 is 2.71 bits per heavy atom. The van der Waals surface area contributed by atoms with Gasteiger partial charge in [0.25, 0.3) is 0 Å². The summed E-state index contributed by atoms with van der Waals surface area (Å²) >= 11 is 0. The Morgan fingerprint density at radius 1 is 1.18 bits per heavy atom. The SMILES string of the molecule is CC1=C2CCC(C)CC2C2C(=O)OC(=O)C2C1. The van der Waals surface area contributed by atoms with Crippen LogP contribution in [0, 0.1) is 23.7 Å². The number of carbonyl (C=O) groups is 2. The predicted molar refractivity (Wildman–Crippen MR) is 61.9 cm³/mol. The van der Waals surface area contributed by atoms with Crippen LogP contribution in [0.2, 0.25) is 0 Å². The van der Waals surface area contributed by atoms with E-state index in [0.29, 0.717) is 5.92 Å². The number of fused-ring (bicyclic) bond motifs is 3. The van der Waals surface area contributed by atoms with Crippen molar-refractivity contribution in [2.45, 2.75) is 39.5 Å². The van der Waals surface area contributed by atoms with Gasteiger partial charge in [0, 0.05) is 0 Å². The van der Waals surface area contributed by atoms with Crippen molar-refractivity contribution in [2.75, 3.05) is 0 Å². The van der Waals surface area contributed by atoms with Crippen molar-refractivity contribution in [3.05, 3.63) is 11.1 Å². The summed E-state index contributed by atoms with van der Waals surface area (Å²) in [5, 5.41) is 0. The van der Waals surface area contributed by atoms with Crippen molar-refractivity contribution in [2.24, 2.45) is 23.7 Å². The topological polar surface area (TPSA) is 43.4 Å². The summed E-state index contributed by atoms with van der Waals surface area (Å²) < 4.78 is 4.84. The summed E-state index contributed by atoms with van der Waals surface area (Å²) in [5.41, 5.74) is 2.77. The van der Waals surface area contributed by atoms with Gasteiger partial charge in [-0.3, -0.25) is 9.59 Å². The lowest BCUT2D eigenvalue weighted by Gasteiger charge is -2.38. The van der Waals surface area contributed by atoms with Crippen molar-refractivity contribution < 1.29 is 14.3 Å². The second kappa shape index (κ2) is 3.69. The molecule has 3 rings (SSSR count). The molecule has 2 fully saturated rings. The Balaban J connectivity index is 2.00. The molecule has 1 aliphatic heterocycles. The number of ether oxygens (including phenoxy) is 1. The van der Waals surface area contributed by atoms with E-state index in [2.05, 4.69) is 13.8 Å². The number of carbonyl (C=O) groups excluding carboxylic acids is 2. The zero-order valence-electron chi connectivity index (χ0n) is 10.4. The first-order chi connectivity index (χ1) is 8.08. The van der Waals surface area contributed by atoms with Crippen LogP contribution in [0.25, 0.3) is 0 Å². The van der Waals surface area contributed by atoms with E-state index in [4.69, 9.17) is 4.74 Å². The predicted octanol–water partition coefficient (Wildman–Crippen LogP) is 2.46. The van der Waals surface area contributed by atoms with Gasteiger partial charge in [0.05, 0.1) is 11.8 Å². The molecule has 0 radical (unpaired) electrons. The quantitative estimate of drug-likeness (QED) is 0.367. The molecule has 1 saturated carbocycles. The normalized spacial score (nSPS) is 41.1. The first-order valence-electron chi connectivity index (χ1n) is 6.52. The van der Waals surface area contributed by atoms with Gasteiger partial charge in [0.15, 0.2) is 0 Å². The number of esters is 2. The summed E-state index contributed by atoms with van der Waals surface area (Å²) in [6, 6.07) is 0.